The minimum absolute atomic E-state index is 0.0222. The van der Waals surface area contributed by atoms with Crippen LogP contribution in [0.3, 0.4) is 0 Å². The number of nitrogens with zero attached hydrogens (tertiary/aromatic N) is 2. The Morgan fingerprint density at radius 2 is 2.12 bits per heavy atom. The molecule has 2 aromatic heterocycles. The molecule has 0 spiro atoms. The van der Waals surface area contributed by atoms with Crippen molar-refractivity contribution in [2.75, 3.05) is 13.1 Å². The molecule has 0 saturated carbocycles. The number of piperidine rings is 1. The molecule has 0 bridgehead atoms. The Labute approximate surface area is 137 Å². The largest absolute Gasteiger partial charge is 0.349 e. The second kappa shape index (κ2) is 7.22. The average Bonchev–Trinajstić information content (AvgIpc) is 2.57. The van der Waals surface area contributed by atoms with Crippen molar-refractivity contribution in [1.82, 2.24) is 25.2 Å². The van der Waals surface area contributed by atoms with E-state index in [1.807, 2.05) is 23.3 Å². The zero-order valence-electron chi connectivity index (χ0n) is 13.1. The number of aromatic amines is 2. The molecule has 0 atom stereocenters. The van der Waals surface area contributed by atoms with Gasteiger partial charge in [0.2, 0.25) is 0 Å². The lowest BCUT2D eigenvalue weighted by molar-refractivity contribution is 0.0907. The molecular formula is C16H19N5O3. The predicted molar refractivity (Wildman–Crippen MR) is 87.7 cm³/mol. The number of nitrogens with one attached hydrogen (secondary N) is 3. The molecule has 3 N–H and O–H groups in total. The zero-order valence-corrected chi connectivity index (χ0v) is 13.1. The quantitative estimate of drug-likeness (QED) is 0.722. The van der Waals surface area contributed by atoms with E-state index in [1.165, 1.54) is 5.56 Å². The monoisotopic (exact) mass is 329 g/mol. The number of amides is 1. The van der Waals surface area contributed by atoms with E-state index >= 15 is 0 Å². The van der Waals surface area contributed by atoms with Crippen molar-refractivity contribution < 1.29 is 4.79 Å². The second-order valence-corrected chi connectivity index (χ2v) is 5.87. The summed E-state index contributed by atoms with van der Waals surface area (Å²) in [6, 6.07) is 3.99. The highest BCUT2D eigenvalue weighted by atomic mass is 16.2. The molecule has 0 aliphatic carbocycles. The molecule has 0 unspecified atom stereocenters. The van der Waals surface area contributed by atoms with Crippen LogP contribution in [0.5, 0.6) is 0 Å². The van der Waals surface area contributed by atoms with Crippen LogP contribution in [0, 0.1) is 0 Å². The molecule has 126 valence electrons. The van der Waals surface area contributed by atoms with Crippen LogP contribution in [0.25, 0.3) is 0 Å². The lowest BCUT2D eigenvalue weighted by Crippen LogP contribution is -2.45. The van der Waals surface area contributed by atoms with Crippen LogP contribution < -0.4 is 16.6 Å². The smallest absolute Gasteiger partial charge is 0.325 e. The van der Waals surface area contributed by atoms with E-state index in [4.69, 9.17) is 0 Å². The maximum absolute atomic E-state index is 12.1. The zero-order chi connectivity index (χ0) is 16.9. The van der Waals surface area contributed by atoms with Crippen LogP contribution >= 0.6 is 0 Å². The van der Waals surface area contributed by atoms with Gasteiger partial charge in [0, 0.05) is 44.3 Å². The van der Waals surface area contributed by atoms with Gasteiger partial charge in [0.15, 0.2) is 0 Å². The van der Waals surface area contributed by atoms with Crippen LogP contribution in [0.4, 0.5) is 0 Å². The maximum Gasteiger partial charge on any atom is 0.325 e. The van der Waals surface area contributed by atoms with Gasteiger partial charge in [-0.2, -0.15) is 0 Å². The van der Waals surface area contributed by atoms with Crippen LogP contribution in [-0.4, -0.2) is 44.9 Å². The molecule has 1 aliphatic rings. The fourth-order valence-corrected chi connectivity index (χ4v) is 2.83. The lowest BCUT2D eigenvalue weighted by atomic mass is 10.0. The summed E-state index contributed by atoms with van der Waals surface area (Å²) in [7, 11) is 0. The molecule has 2 aromatic rings. The maximum atomic E-state index is 12.1. The molecule has 1 amide bonds. The summed E-state index contributed by atoms with van der Waals surface area (Å²) < 4.78 is 0. The Balaban J connectivity index is 1.52. The first-order chi connectivity index (χ1) is 11.6. The first-order valence-electron chi connectivity index (χ1n) is 7.86. The summed E-state index contributed by atoms with van der Waals surface area (Å²) in [6.45, 7) is 2.57. The summed E-state index contributed by atoms with van der Waals surface area (Å²) in [5.74, 6) is -0.460. The van der Waals surface area contributed by atoms with Gasteiger partial charge in [0.05, 0.1) is 0 Å². The van der Waals surface area contributed by atoms with E-state index < -0.39 is 17.2 Å². The number of pyridine rings is 1. The number of carbonyl (C=O) groups is 1. The van der Waals surface area contributed by atoms with E-state index in [0.29, 0.717) is 0 Å². The van der Waals surface area contributed by atoms with Crippen molar-refractivity contribution in [3.8, 4) is 0 Å². The van der Waals surface area contributed by atoms with Gasteiger partial charge in [0.25, 0.3) is 11.5 Å². The van der Waals surface area contributed by atoms with Gasteiger partial charge >= 0.3 is 5.69 Å². The van der Waals surface area contributed by atoms with Crippen LogP contribution in [0.15, 0.2) is 40.3 Å². The van der Waals surface area contributed by atoms with E-state index in [0.717, 1.165) is 38.7 Å². The molecule has 0 radical (unpaired) electrons. The first-order valence-corrected chi connectivity index (χ1v) is 7.86. The highest BCUT2D eigenvalue weighted by Crippen LogP contribution is 2.13. The molecule has 1 aliphatic heterocycles. The van der Waals surface area contributed by atoms with Gasteiger partial charge in [-0.15, -0.1) is 0 Å². The molecule has 8 nitrogen and oxygen atoms in total. The molecule has 3 heterocycles. The number of aromatic nitrogens is 3. The molecule has 8 heteroatoms. The summed E-state index contributed by atoms with van der Waals surface area (Å²) in [5, 5.41) is 2.86. The van der Waals surface area contributed by atoms with E-state index in [1.54, 1.807) is 6.20 Å². The summed E-state index contributed by atoms with van der Waals surface area (Å²) in [4.78, 5) is 45.5. The van der Waals surface area contributed by atoms with Crippen molar-refractivity contribution in [3.63, 3.8) is 0 Å². The number of hydrogen-bond acceptors (Lipinski definition) is 5. The van der Waals surface area contributed by atoms with Gasteiger partial charge < -0.3 is 10.3 Å². The standard InChI is InChI=1S/C16H19N5O3/c22-14(13-9-18-16(24)20-15(13)23)19-12-3-6-21(7-4-12)10-11-2-1-5-17-8-11/h1-2,5,8-9,12H,3-4,6-7,10H2,(H,19,22)(H2,18,20,23,24). The van der Waals surface area contributed by atoms with Gasteiger partial charge in [-0.05, 0) is 24.5 Å². The molecule has 24 heavy (non-hydrogen) atoms. The first kappa shape index (κ1) is 16.1. The molecular weight excluding hydrogens is 310 g/mol. The third-order valence-electron chi connectivity index (χ3n) is 4.12. The van der Waals surface area contributed by atoms with Crippen molar-refractivity contribution in [2.45, 2.75) is 25.4 Å². The van der Waals surface area contributed by atoms with Crippen LogP contribution in [0.1, 0.15) is 28.8 Å². The van der Waals surface area contributed by atoms with Crippen molar-refractivity contribution in [3.05, 3.63) is 62.7 Å². The number of carbonyl (C=O) groups excluding carboxylic acids is 1. The summed E-state index contributed by atoms with van der Waals surface area (Å²) >= 11 is 0. The fourth-order valence-electron chi connectivity index (χ4n) is 2.83. The normalized spacial score (nSPS) is 16.0. The Kier molecular flexibility index (Phi) is 4.85. The Hall–Kier alpha value is -2.74. The van der Waals surface area contributed by atoms with Crippen molar-refractivity contribution in [1.29, 1.82) is 0 Å². The van der Waals surface area contributed by atoms with E-state index in [-0.39, 0.29) is 11.6 Å². The summed E-state index contributed by atoms with van der Waals surface area (Å²) in [6.07, 6.45) is 6.38. The number of hydrogen-bond donors (Lipinski definition) is 3. The third-order valence-corrected chi connectivity index (χ3v) is 4.12. The highest BCUT2D eigenvalue weighted by molar-refractivity contribution is 5.93. The lowest BCUT2D eigenvalue weighted by Gasteiger charge is -2.32. The predicted octanol–water partition coefficient (Wildman–Crippen LogP) is -0.147. The minimum atomic E-state index is -0.676. The van der Waals surface area contributed by atoms with Gasteiger partial charge in [-0.3, -0.25) is 24.5 Å². The van der Waals surface area contributed by atoms with Crippen LogP contribution in [-0.2, 0) is 6.54 Å². The third kappa shape index (κ3) is 3.96. The number of H-pyrrole nitrogens is 2. The second-order valence-electron chi connectivity index (χ2n) is 5.87. The highest BCUT2D eigenvalue weighted by Gasteiger charge is 2.22. The van der Waals surface area contributed by atoms with Crippen molar-refractivity contribution >= 4 is 5.91 Å². The minimum Gasteiger partial charge on any atom is -0.349 e. The summed E-state index contributed by atoms with van der Waals surface area (Å²) in [5.41, 5.74) is -0.210. The number of likely N-dealkylation sites (tertiary alicyclic amines) is 1. The Morgan fingerprint density at radius 3 is 2.79 bits per heavy atom. The SMILES string of the molecule is O=C(NC1CCN(Cc2cccnc2)CC1)c1c[nH]c(=O)[nH]c1=O. The van der Waals surface area contributed by atoms with Gasteiger partial charge in [-0.25, -0.2) is 4.79 Å². The Morgan fingerprint density at radius 1 is 1.33 bits per heavy atom. The van der Waals surface area contributed by atoms with E-state index in [9.17, 15) is 14.4 Å². The molecule has 1 fully saturated rings. The topological polar surface area (TPSA) is 111 Å². The van der Waals surface area contributed by atoms with Crippen LogP contribution in [0.2, 0.25) is 0 Å². The van der Waals surface area contributed by atoms with E-state index in [2.05, 4.69) is 20.2 Å². The van der Waals surface area contributed by atoms with Gasteiger partial charge in [0.1, 0.15) is 5.56 Å². The Bertz CT molecular complexity index is 806. The average molecular weight is 329 g/mol. The van der Waals surface area contributed by atoms with Gasteiger partial charge in [-0.1, -0.05) is 6.07 Å². The molecule has 1 saturated heterocycles. The number of rotatable bonds is 4. The molecule has 0 aromatic carbocycles. The van der Waals surface area contributed by atoms with Crippen molar-refractivity contribution in [2.24, 2.45) is 0 Å². The molecule has 3 rings (SSSR count). The fraction of sp³-hybridized carbons (Fsp3) is 0.375.